The van der Waals surface area contributed by atoms with Gasteiger partial charge in [0.25, 0.3) is 11.5 Å². The largest absolute Gasteiger partial charge is 0.435 e. The first-order valence-electron chi connectivity index (χ1n) is 8.49. The normalized spacial score (nSPS) is 10.8. The molecule has 0 N–H and O–H groups in total. The maximum absolute atomic E-state index is 13.1. The molecule has 0 saturated heterocycles. The fraction of sp³-hybridized carbons (Fsp3) is 0.150. The Kier molecular flexibility index (Phi) is 5.96. The van der Waals surface area contributed by atoms with Crippen LogP contribution >= 0.6 is 0 Å². The molecular formula is C20H16F3N3O3. The quantitative estimate of drug-likeness (QED) is 0.634. The molecular weight excluding hydrogens is 387 g/mol. The first kappa shape index (κ1) is 20.1. The molecule has 0 aliphatic rings. The highest BCUT2D eigenvalue weighted by atomic mass is 19.3. The van der Waals surface area contributed by atoms with E-state index in [4.69, 9.17) is 0 Å². The Balaban J connectivity index is 1.76. The zero-order chi connectivity index (χ0) is 21.0. The van der Waals surface area contributed by atoms with E-state index < -0.39 is 23.9 Å². The molecule has 1 heterocycles. The van der Waals surface area contributed by atoms with Crippen molar-refractivity contribution in [1.82, 2.24) is 14.7 Å². The lowest BCUT2D eigenvalue weighted by atomic mass is 10.2. The summed E-state index contributed by atoms with van der Waals surface area (Å²) in [6, 6.07) is 13.5. The van der Waals surface area contributed by atoms with Crippen molar-refractivity contribution in [2.45, 2.75) is 13.2 Å². The zero-order valence-corrected chi connectivity index (χ0v) is 15.3. The monoisotopic (exact) mass is 403 g/mol. The van der Waals surface area contributed by atoms with Gasteiger partial charge in [-0.25, -0.2) is 4.39 Å². The summed E-state index contributed by atoms with van der Waals surface area (Å²) in [6.45, 7) is -2.72. The molecule has 0 spiro atoms. The number of aromatic nitrogens is 2. The van der Waals surface area contributed by atoms with Crippen LogP contribution in [0.4, 0.5) is 13.2 Å². The number of hydrogen-bond donors (Lipinski definition) is 0. The Bertz CT molecular complexity index is 1050. The second-order valence-corrected chi connectivity index (χ2v) is 6.13. The van der Waals surface area contributed by atoms with Crippen molar-refractivity contribution >= 4 is 5.91 Å². The smallest absolute Gasteiger partial charge is 0.387 e. The van der Waals surface area contributed by atoms with Gasteiger partial charge in [0.15, 0.2) is 0 Å². The van der Waals surface area contributed by atoms with Crippen LogP contribution in [-0.2, 0) is 6.54 Å². The molecule has 6 nitrogen and oxygen atoms in total. The Morgan fingerprint density at radius 2 is 1.72 bits per heavy atom. The van der Waals surface area contributed by atoms with E-state index in [-0.39, 0.29) is 18.0 Å². The van der Waals surface area contributed by atoms with Gasteiger partial charge in [0.1, 0.15) is 17.3 Å². The van der Waals surface area contributed by atoms with Crippen LogP contribution in [0.1, 0.15) is 16.1 Å². The third-order valence-electron chi connectivity index (χ3n) is 4.01. The molecule has 1 amide bonds. The summed E-state index contributed by atoms with van der Waals surface area (Å²) in [5, 5.41) is 4.07. The highest BCUT2D eigenvalue weighted by Gasteiger charge is 2.16. The van der Waals surface area contributed by atoms with Crippen LogP contribution in [0.2, 0.25) is 0 Å². The number of rotatable bonds is 6. The molecule has 9 heteroatoms. The van der Waals surface area contributed by atoms with Gasteiger partial charge in [-0.15, -0.1) is 0 Å². The molecule has 0 radical (unpaired) electrons. The topological polar surface area (TPSA) is 64.4 Å². The lowest BCUT2D eigenvalue weighted by molar-refractivity contribution is -0.0498. The molecule has 3 aromatic rings. The molecule has 0 saturated carbocycles. The SMILES string of the molecule is CN(Cc1ccc(OC(F)F)cc1)C(=O)c1ccc(=O)n(-c2ccc(F)cc2)n1. The molecule has 0 aliphatic carbocycles. The first-order chi connectivity index (χ1) is 13.8. The summed E-state index contributed by atoms with van der Waals surface area (Å²) < 4.78 is 42.8. The minimum Gasteiger partial charge on any atom is -0.435 e. The highest BCUT2D eigenvalue weighted by Crippen LogP contribution is 2.16. The number of carbonyl (C=O) groups is 1. The molecule has 0 aliphatic heterocycles. The molecule has 0 unspecified atom stereocenters. The van der Waals surface area contributed by atoms with E-state index in [1.54, 1.807) is 19.2 Å². The van der Waals surface area contributed by atoms with Gasteiger partial charge in [-0.1, -0.05) is 12.1 Å². The van der Waals surface area contributed by atoms with Crippen molar-refractivity contribution in [2.24, 2.45) is 0 Å². The summed E-state index contributed by atoms with van der Waals surface area (Å²) in [5.74, 6) is -0.890. The molecule has 1 aromatic heterocycles. The van der Waals surface area contributed by atoms with Crippen molar-refractivity contribution in [3.63, 3.8) is 0 Å². The van der Waals surface area contributed by atoms with Crippen LogP contribution in [0, 0.1) is 5.82 Å². The zero-order valence-electron chi connectivity index (χ0n) is 15.3. The van der Waals surface area contributed by atoms with Crippen molar-refractivity contribution in [3.8, 4) is 11.4 Å². The Labute approximate surface area is 163 Å². The summed E-state index contributed by atoms with van der Waals surface area (Å²) >= 11 is 0. The van der Waals surface area contributed by atoms with E-state index in [0.29, 0.717) is 11.3 Å². The fourth-order valence-corrected chi connectivity index (χ4v) is 2.61. The molecule has 0 fully saturated rings. The maximum Gasteiger partial charge on any atom is 0.387 e. The second kappa shape index (κ2) is 8.59. The van der Waals surface area contributed by atoms with Crippen LogP contribution < -0.4 is 10.3 Å². The summed E-state index contributed by atoms with van der Waals surface area (Å²) in [7, 11) is 1.54. The lowest BCUT2D eigenvalue weighted by Crippen LogP contribution is -2.30. The van der Waals surface area contributed by atoms with Crippen molar-refractivity contribution in [2.75, 3.05) is 7.05 Å². The Morgan fingerprint density at radius 1 is 1.07 bits per heavy atom. The first-order valence-corrected chi connectivity index (χ1v) is 8.49. The van der Waals surface area contributed by atoms with Gasteiger partial charge in [0.2, 0.25) is 0 Å². The number of carbonyl (C=O) groups excluding carboxylic acids is 1. The van der Waals surface area contributed by atoms with Gasteiger partial charge in [0, 0.05) is 19.7 Å². The third-order valence-corrected chi connectivity index (χ3v) is 4.01. The van der Waals surface area contributed by atoms with Crippen LogP contribution in [0.3, 0.4) is 0 Å². The number of alkyl halides is 2. The number of hydrogen-bond acceptors (Lipinski definition) is 4. The predicted octanol–water partition coefficient (Wildman–Crippen LogP) is 3.25. The molecule has 3 rings (SSSR count). The molecule has 0 atom stereocenters. The Hall–Kier alpha value is -3.62. The van der Waals surface area contributed by atoms with E-state index >= 15 is 0 Å². The number of nitrogens with zero attached hydrogens (tertiary/aromatic N) is 3. The van der Waals surface area contributed by atoms with Gasteiger partial charge >= 0.3 is 6.61 Å². The summed E-state index contributed by atoms with van der Waals surface area (Å²) in [6.07, 6.45) is 0. The van der Waals surface area contributed by atoms with E-state index in [9.17, 15) is 22.8 Å². The van der Waals surface area contributed by atoms with Crippen LogP contribution in [0.15, 0.2) is 65.5 Å². The van der Waals surface area contributed by atoms with Gasteiger partial charge in [0.05, 0.1) is 5.69 Å². The van der Waals surface area contributed by atoms with Gasteiger partial charge in [-0.2, -0.15) is 18.6 Å². The number of ether oxygens (including phenoxy) is 1. The van der Waals surface area contributed by atoms with E-state index in [1.165, 1.54) is 53.4 Å². The minimum absolute atomic E-state index is 0.0192. The molecule has 2 aromatic carbocycles. The van der Waals surface area contributed by atoms with Gasteiger partial charge < -0.3 is 9.64 Å². The summed E-state index contributed by atoms with van der Waals surface area (Å²) in [5.41, 5.74) is 0.567. The van der Waals surface area contributed by atoms with E-state index in [1.807, 2.05) is 0 Å². The predicted molar refractivity (Wildman–Crippen MR) is 98.7 cm³/mol. The number of amides is 1. The fourth-order valence-electron chi connectivity index (χ4n) is 2.61. The number of benzene rings is 2. The molecule has 29 heavy (non-hydrogen) atoms. The standard InChI is InChI=1S/C20H16F3N3O3/c1-25(12-13-2-8-16(9-3-13)29-20(22)23)19(28)17-10-11-18(27)26(24-17)15-6-4-14(21)5-7-15/h2-11,20H,12H2,1H3. The number of halogens is 3. The summed E-state index contributed by atoms with van der Waals surface area (Å²) in [4.78, 5) is 26.1. The van der Waals surface area contributed by atoms with Gasteiger partial charge in [-0.05, 0) is 48.0 Å². The Morgan fingerprint density at radius 3 is 2.34 bits per heavy atom. The minimum atomic E-state index is -2.91. The van der Waals surface area contributed by atoms with Crippen molar-refractivity contribution in [1.29, 1.82) is 0 Å². The molecule has 150 valence electrons. The van der Waals surface area contributed by atoms with E-state index in [2.05, 4.69) is 9.84 Å². The third kappa shape index (κ3) is 5.01. The van der Waals surface area contributed by atoms with Crippen molar-refractivity contribution in [3.05, 3.63) is 88.1 Å². The van der Waals surface area contributed by atoms with E-state index in [0.717, 1.165) is 4.68 Å². The van der Waals surface area contributed by atoms with Gasteiger partial charge in [-0.3, -0.25) is 9.59 Å². The van der Waals surface area contributed by atoms with Crippen LogP contribution in [0.25, 0.3) is 5.69 Å². The maximum atomic E-state index is 13.1. The average Bonchev–Trinajstić information content (AvgIpc) is 2.69. The molecule has 0 bridgehead atoms. The lowest BCUT2D eigenvalue weighted by Gasteiger charge is -2.17. The van der Waals surface area contributed by atoms with Crippen LogP contribution in [0.5, 0.6) is 5.75 Å². The second-order valence-electron chi connectivity index (χ2n) is 6.13. The van der Waals surface area contributed by atoms with Crippen LogP contribution in [-0.4, -0.2) is 34.2 Å². The highest BCUT2D eigenvalue weighted by molar-refractivity contribution is 5.91. The van der Waals surface area contributed by atoms with Crippen molar-refractivity contribution < 1.29 is 22.7 Å². The average molecular weight is 403 g/mol.